The van der Waals surface area contributed by atoms with E-state index in [1.54, 1.807) is 13.8 Å². The lowest BCUT2D eigenvalue weighted by atomic mass is 9.96. The van der Waals surface area contributed by atoms with E-state index in [2.05, 4.69) is 0 Å². The molecule has 0 fully saturated rings. The van der Waals surface area contributed by atoms with Crippen LogP contribution in [0.5, 0.6) is 0 Å². The van der Waals surface area contributed by atoms with Crippen molar-refractivity contribution in [3.63, 3.8) is 0 Å². The van der Waals surface area contributed by atoms with Crippen LogP contribution in [0.15, 0.2) is 0 Å². The van der Waals surface area contributed by atoms with Gasteiger partial charge in [0, 0.05) is 6.42 Å². The summed E-state index contributed by atoms with van der Waals surface area (Å²) in [5, 5.41) is 18.2. The maximum Gasteiger partial charge on any atom is 0.0641 e. The largest absolute Gasteiger partial charge is 0.393 e. The van der Waals surface area contributed by atoms with E-state index in [4.69, 9.17) is 5.11 Å². The van der Waals surface area contributed by atoms with Gasteiger partial charge in [-0.3, -0.25) is 0 Å². The molecule has 9 heavy (non-hydrogen) atoms. The van der Waals surface area contributed by atoms with Gasteiger partial charge in [0.05, 0.1) is 11.7 Å². The first kappa shape index (κ1) is 8.92. The van der Waals surface area contributed by atoms with Gasteiger partial charge >= 0.3 is 0 Å². The molecule has 2 heteroatoms. The minimum Gasteiger partial charge on any atom is -0.393 e. The average Bonchev–Trinajstić information content (AvgIpc) is 1.63. The lowest BCUT2D eigenvalue weighted by Gasteiger charge is -2.22. The Labute approximate surface area is 56.5 Å². The Morgan fingerprint density at radius 3 is 2.11 bits per heavy atom. The molecule has 0 spiro atoms. The molecule has 0 amide bonds. The summed E-state index contributed by atoms with van der Waals surface area (Å²) in [5.41, 5.74) is -0.686. The van der Waals surface area contributed by atoms with Crippen LogP contribution in [0.2, 0.25) is 0 Å². The maximum atomic E-state index is 9.33. The Morgan fingerprint density at radius 1 is 1.56 bits per heavy atom. The number of rotatable bonds is 3. The SMILES string of the molecule is CCC(C)(O)CC(C)O. The third-order valence-electron chi connectivity index (χ3n) is 1.50. The highest BCUT2D eigenvalue weighted by molar-refractivity contribution is 4.72. The Kier molecular flexibility index (Phi) is 3.15. The Morgan fingerprint density at radius 2 is 2.00 bits per heavy atom. The molecule has 0 aliphatic carbocycles. The maximum absolute atomic E-state index is 9.33. The van der Waals surface area contributed by atoms with E-state index in [9.17, 15) is 5.11 Å². The topological polar surface area (TPSA) is 40.5 Å². The second kappa shape index (κ2) is 3.18. The quantitative estimate of drug-likeness (QED) is 0.599. The van der Waals surface area contributed by atoms with E-state index >= 15 is 0 Å². The molecule has 0 aromatic carbocycles. The normalized spacial score (nSPS) is 21.0. The zero-order chi connectivity index (χ0) is 7.49. The molecule has 0 saturated heterocycles. The van der Waals surface area contributed by atoms with Crippen LogP contribution in [-0.4, -0.2) is 21.9 Å². The van der Waals surface area contributed by atoms with Gasteiger partial charge in [-0.25, -0.2) is 0 Å². The zero-order valence-corrected chi connectivity index (χ0v) is 6.39. The van der Waals surface area contributed by atoms with E-state index in [0.717, 1.165) is 0 Å². The highest BCUT2D eigenvalue weighted by Gasteiger charge is 2.19. The molecule has 2 atom stereocenters. The number of hydrogen-bond donors (Lipinski definition) is 2. The first-order chi connectivity index (χ1) is 3.98. The molecule has 0 bridgehead atoms. The summed E-state index contributed by atoms with van der Waals surface area (Å²) >= 11 is 0. The highest BCUT2D eigenvalue weighted by Crippen LogP contribution is 2.15. The highest BCUT2D eigenvalue weighted by atomic mass is 16.3. The second-order valence-electron chi connectivity index (χ2n) is 2.90. The first-order valence-corrected chi connectivity index (χ1v) is 3.38. The third-order valence-corrected chi connectivity index (χ3v) is 1.50. The summed E-state index contributed by atoms with van der Waals surface area (Å²) < 4.78 is 0. The molecular formula is C7H16O2. The summed E-state index contributed by atoms with van der Waals surface area (Å²) in [4.78, 5) is 0. The predicted octanol–water partition coefficient (Wildman–Crippen LogP) is 0.918. The van der Waals surface area contributed by atoms with Crippen LogP contribution >= 0.6 is 0 Å². The monoisotopic (exact) mass is 132 g/mol. The minimum absolute atomic E-state index is 0.403. The van der Waals surface area contributed by atoms with E-state index in [0.29, 0.717) is 12.8 Å². The third kappa shape index (κ3) is 4.43. The van der Waals surface area contributed by atoms with Crippen molar-refractivity contribution >= 4 is 0 Å². The second-order valence-corrected chi connectivity index (χ2v) is 2.90. The molecule has 0 aliphatic rings. The van der Waals surface area contributed by atoms with Crippen molar-refractivity contribution in [1.82, 2.24) is 0 Å². The smallest absolute Gasteiger partial charge is 0.0641 e. The Balaban J connectivity index is 3.58. The van der Waals surface area contributed by atoms with Gasteiger partial charge in [0.1, 0.15) is 0 Å². The molecule has 0 aromatic rings. The number of aliphatic hydroxyl groups excluding tert-OH is 1. The van der Waals surface area contributed by atoms with Crippen molar-refractivity contribution in [2.24, 2.45) is 0 Å². The van der Waals surface area contributed by atoms with Crippen LogP contribution in [0.25, 0.3) is 0 Å². The molecule has 2 unspecified atom stereocenters. The lowest BCUT2D eigenvalue weighted by Crippen LogP contribution is -2.27. The fourth-order valence-electron chi connectivity index (χ4n) is 0.781. The molecule has 0 aliphatic heterocycles. The molecule has 0 aromatic heterocycles. The van der Waals surface area contributed by atoms with Crippen molar-refractivity contribution in [3.05, 3.63) is 0 Å². The van der Waals surface area contributed by atoms with Gasteiger partial charge in [-0.2, -0.15) is 0 Å². The minimum atomic E-state index is -0.686. The van der Waals surface area contributed by atoms with Crippen LogP contribution < -0.4 is 0 Å². The van der Waals surface area contributed by atoms with Gasteiger partial charge in [-0.1, -0.05) is 6.92 Å². The van der Waals surface area contributed by atoms with Crippen LogP contribution in [0.4, 0.5) is 0 Å². The summed E-state index contributed by atoms with van der Waals surface area (Å²) in [6.45, 7) is 5.33. The van der Waals surface area contributed by atoms with Crippen molar-refractivity contribution in [3.8, 4) is 0 Å². The number of hydrogen-bond acceptors (Lipinski definition) is 2. The molecule has 0 rings (SSSR count). The van der Waals surface area contributed by atoms with Gasteiger partial charge in [-0.05, 0) is 20.3 Å². The van der Waals surface area contributed by atoms with Crippen molar-refractivity contribution < 1.29 is 10.2 Å². The molecule has 2 nitrogen and oxygen atoms in total. The summed E-state index contributed by atoms with van der Waals surface area (Å²) in [7, 11) is 0. The van der Waals surface area contributed by atoms with E-state index in [-0.39, 0.29) is 0 Å². The van der Waals surface area contributed by atoms with Crippen LogP contribution in [0, 0.1) is 0 Å². The molecule has 0 radical (unpaired) electrons. The lowest BCUT2D eigenvalue weighted by molar-refractivity contribution is 0.00656. The molecular weight excluding hydrogens is 116 g/mol. The molecule has 2 N–H and O–H groups in total. The summed E-state index contributed by atoms with van der Waals surface area (Å²) in [6.07, 6.45) is 0.751. The Bertz CT molecular complexity index is 77.0. The van der Waals surface area contributed by atoms with Crippen LogP contribution in [0.1, 0.15) is 33.6 Å². The van der Waals surface area contributed by atoms with E-state index < -0.39 is 11.7 Å². The fourth-order valence-corrected chi connectivity index (χ4v) is 0.781. The first-order valence-electron chi connectivity index (χ1n) is 3.38. The van der Waals surface area contributed by atoms with Gasteiger partial charge in [0.2, 0.25) is 0 Å². The molecule has 56 valence electrons. The van der Waals surface area contributed by atoms with E-state index in [1.165, 1.54) is 0 Å². The Hall–Kier alpha value is -0.0800. The fraction of sp³-hybridized carbons (Fsp3) is 1.00. The van der Waals surface area contributed by atoms with E-state index in [1.807, 2.05) is 6.92 Å². The molecule has 0 heterocycles. The van der Waals surface area contributed by atoms with Crippen molar-refractivity contribution in [1.29, 1.82) is 0 Å². The van der Waals surface area contributed by atoms with Crippen molar-refractivity contribution in [2.75, 3.05) is 0 Å². The zero-order valence-electron chi connectivity index (χ0n) is 6.39. The predicted molar refractivity (Wildman–Crippen MR) is 37.2 cm³/mol. The van der Waals surface area contributed by atoms with Gasteiger partial charge in [0.25, 0.3) is 0 Å². The van der Waals surface area contributed by atoms with Crippen LogP contribution in [-0.2, 0) is 0 Å². The number of aliphatic hydroxyl groups is 2. The van der Waals surface area contributed by atoms with Crippen molar-refractivity contribution in [2.45, 2.75) is 45.3 Å². The average molecular weight is 132 g/mol. The summed E-state index contributed by atoms with van der Waals surface area (Å²) in [6, 6.07) is 0. The standard InChI is InChI=1S/C7H16O2/c1-4-7(3,9)5-6(2)8/h6,8-9H,4-5H2,1-3H3. The summed E-state index contributed by atoms with van der Waals surface area (Å²) in [5.74, 6) is 0. The van der Waals surface area contributed by atoms with Gasteiger partial charge in [-0.15, -0.1) is 0 Å². The van der Waals surface area contributed by atoms with Crippen LogP contribution in [0.3, 0.4) is 0 Å². The molecule has 0 saturated carbocycles. The van der Waals surface area contributed by atoms with Gasteiger partial charge in [0.15, 0.2) is 0 Å². The van der Waals surface area contributed by atoms with Gasteiger partial charge < -0.3 is 10.2 Å².